The van der Waals surface area contributed by atoms with E-state index in [4.69, 9.17) is 14.5 Å². The molecule has 5 atom stereocenters. The van der Waals surface area contributed by atoms with E-state index in [0.29, 0.717) is 56.5 Å². The first-order valence-electron chi connectivity index (χ1n) is 24.5. The Morgan fingerprint density at radius 3 is 2.57 bits per heavy atom. The lowest BCUT2D eigenvalue weighted by Crippen LogP contribution is -2.62. The van der Waals surface area contributed by atoms with Crippen LogP contribution in [-0.4, -0.2) is 143 Å². The summed E-state index contributed by atoms with van der Waals surface area (Å²) in [6.07, 6.45) is 3.64. The molecule has 6 bridgehead atoms. The Labute approximate surface area is 412 Å². The number of fused-ring (bicyclic) bond motifs is 6. The number of likely N-dealkylation sites (N-methyl/N-ethyl adjacent to an activating group) is 1. The Bertz CT molecular complexity index is 2680. The molecular formula is C54H70N8O8. The molecule has 2 fully saturated rings. The molecule has 374 valence electrons. The predicted octanol–water partition coefficient (Wildman–Crippen LogP) is 5.18. The summed E-state index contributed by atoms with van der Waals surface area (Å²) >= 11 is 0. The molecule has 4 aromatic rings. The van der Waals surface area contributed by atoms with Gasteiger partial charge in [-0.15, -0.1) is 0 Å². The summed E-state index contributed by atoms with van der Waals surface area (Å²) in [5, 5.41) is 16.8. The number of phenols is 1. The molecule has 0 spiro atoms. The number of rotatable bonds is 10. The van der Waals surface area contributed by atoms with Gasteiger partial charge in [-0.1, -0.05) is 45.7 Å². The van der Waals surface area contributed by atoms with Crippen LogP contribution in [0.3, 0.4) is 0 Å². The van der Waals surface area contributed by atoms with E-state index < -0.39 is 47.2 Å². The molecule has 0 aliphatic carbocycles. The highest BCUT2D eigenvalue weighted by Gasteiger charge is 2.42. The summed E-state index contributed by atoms with van der Waals surface area (Å²) < 4.78 is 14.0. The Kier molecular flexibility index (Phi) is 16.0. The van der Waals surface area contributed by atoms with Gasteiger partial charge in [0.2, 0.25) is 11.8 Å². The molecule has 16 heteroatoms. The van der Waals surface area contributed by atoms with Gasteiger partial charge < -0.3 is 34.3 Å². The smallest absolute Gasteiger partial charge is 0.324 e. The molecular weight excluding hydrogens is 889 g/mol. The summed E-state index contributed by atoms with van der Waals surface area (Å²) in [6, 6.07) is 12.2. The first kappa shape index (κ1) is 51.6. The molecule has 0 saturated carbocycles. The average Bonchev–Trinajstić information content (AvgIpc) is 3.86. The quantitative estimate of drug-likeness (QED) is 0.141. The number of methoxy groups -OCH3 is 1. The lowest BCUT2D eigenvalue weighted by atomic mass is 9.84. The largest absolute Gasteiger partial charge is 0.508 e. The number of nitrogens with one attached hydrogen (secondary N) is 2. The molecule has 3 aliphatic rings. The number of benzene rings is 2. The van der Waals surface area contributed by atoms with Crippen molar-refractivity contribution in [3.05, 3.63) is 71.5 Å². The van der Waals surface area contributed by atoms with E-state index in [1.165, 1.54) is 9.91 Å². The molecule has 70 heavy (non-hydrogen) atoms. The zero-order valence-electron chi connectivity index (χ0n) is 42.4. The third kappa shape index (κ3) is 11.3. The minimum atomic E-state index is -1.18. The number of aryl methyl sites for hydroxylation is 1. The molecule has 0 unspecified atom stereocenters. The minimum absolute atomic E-state index is 0.0152. The van der Waals surface area contributed by atoms with Crippen LogP contribution in [-0.2, 0) is 59.4 Å². The summed E-state index contributed by atoms with van der Waals surface area (Å²) in [4.78, 5) is 80.4. The average molecular weight is 959 g/mol. The van der Waals surface area contributed by atoms with Gasteiger partial charge in [0.05, 0.1) is 37.1 Å². The number of likely N-dealkylation sites (tertiary alicyclic amines) is 1. The van der Waals surface area contributed by atoms with Gasteiger partial charge in [-0.2, -0.15) is 0 Å². The topological polar surface area (TPSA) is 179 Å². The Balaban J connectivity index is 1.26. The van der Waals surface area contributed by atoms with Crippen molar-refractivity contribution in [2.75, 3.05) is 54.5 Å². The second-order valence-corrected chi connectivity index (χ2v) is 20.6. The van der Waals surface area contributed by atoms with Crippen LogP contribution in [0, 0.1) is 29.1 Å². The van der Waals surface area contributed by atoms with Crippen molar-refractivity contribution in [3.8, 4) is 40.0 Å². The number of carbonyl (C=O) groups is 5. The lowest BCUT2D eigenvalue weighted by Gasteiger charge is -2.37. The number of cyclic esters (lactones) is 1. The SMILES string of the molecule is CCn1c(-c2cccnc2COC)c2c3cc(ccc31)-c1cc(O)cc(c1)C[C@H](NC(=O)[C@@H](C(C)C)N(C)C(=O)[C@H]1C[C@@H](C)N(C(=O)C#CCN(C)C)C1)C(=O)N1CCC[C@H](N1)C(=O)OCC(C)(C)C2. The molecule has 2 saturated heterocycles. The molecule has 0 radical (unpaired) electrons. The number of hydrogen-bond acceptors (Lipinski definition) is 11. The minimum Gasteiger partial charge on any atom is -0.508 e. The summed E-state index contributed by atoms with van der Waals surface area (Å²) in [6.45, 7) is 13.8. The first-order chi connectivity index (χ1) is 33.3. The fraction of sp³-hybridized carbons (Fsp3) is 0.519. The fourth-order valence-corrected chi connectivity index (χ4v) is 10.4. The number of hydrogen-bond donors (Lipinski definition) is 3. The summed E-state index contributed by atoms with van der Waals surface area (Å²) in [5.41, 5.74) is 9.52. The summed E-state index contributed by atoms with van der Waals surface area (Å²) in [5.74, 6) is 2.50. The number of aromatic hydroxyl groups is 1. The van der Waals surface area contributed by atoms with Crippen molar-refractivity contribution in [2.45, 2.75) is 111 Å². The van der Waals surface area contributed by atoms with Crippen LogP contribution in [0.1, 0.15) is 77.6 Å². The fourth-order valence-electron chi connectivity index (χ4n) is 10.4. The van der Waals surface area contributed by atoms with E-state index in [2.05, 4.69) is 66.1 Å². The highest BCUT2D eigenvalue weighted by Crippen LogP contribution is 2.41. The molecule has 4 amide bonds. The Morgan fingerprint density at radius 1 is 1.09 bits per heavy atom. The molecule has 7 rings (SSSR count). The maximum absolute atomic E-state index is 14.8. The van der Waals surface area contributed by atoms with Gasteiger partial charge in [0.15, 0.2) is 0 Å². The molecule has 16 nitrogen and oxygen atoms in total. The number of carbonyl (C=O) groups excluding carboxylic acids is 5. The van der Waals surface area contributed by atoms with Gasteiger partial charge in [-0.05, 0) is 124 Å². The van der Waals surface area contributed by atoms with Crippen molar-refractivity contribution in [3.63, 3.8) is 0 Å². The number of pyridine rings is 1. The number of nitrogens with zero attached hydrogens (tertiary/aromatic N) is 6. The number of amides is 4. The van der Waals surface area contributed by atoms with Crippen molar-refractivity contribution < 1.29 is 38.6 Å². The van der Waals surface area contributed by atoms with Crippen molar-refractivity contribution in [1.29, 1.82) is 0 Å². The monoisotopic (exact) mass is 959 g/mol. The number of esters is 1. The standard InChI is InChI=1S/C54H70N8O8/c1-11-60-46-19-18-36-28-41(46)42(49(60)40-15-12-20-55-45(40)31-69-10)29-54(5,6)32-70-53(68)43-16-13-22-62(57-43)52(67)44(26-35-24-37(36)27-39(63)25-35)56-50(65)48(33(2)3)59(9)51(66)38-23-34(4)61(30-38)47(64)17-14-21-58(7)8/h12,15,18-20,24-25,27-28,33-34,38,43-44,48,57,63H,11,13,16,21-23,26,29-32H2,1-10H3,(H,56,65)/t34-,38+,43+,44+,48-/m1/s1. The van der Waals surface area contributed by atoms with Gasteiger partial charge in [-0.25, -0.2) is 5.43 Å². The Hall–Kier alpha value is -6.28. The molecule has 3 aliphatic heterocycles. The number of aromatic nitrogens is 2. The van der Waals surface area contributed by atoms with E-state index in [0.717, 1.165) is 39.0 Å². The molecule has 2 aromatic heterocycles. The van der Waals surface area contributed by atoms with Gasteiger partial charge in [0, 0.05) is 74.3 Å². The van der Waals surface area contributed by atoms with Crippen LogP contribution in [0.15, 0.2) is 54.7 Å². The highest BCUT2D eigenvalue weighted by atomic mass is 16.5. The third-order valence-electron chi connectivity index (χ3n) is 13.7. The number of hydrazine groups is 1. The van der Waals surface area contributed by atoms with Crippen LogP contribution in [0.5, 0.6) is 5.75 Å². The van der Waals surface area contributed by atoms with E-state index in [1.807, 2.05) is 58.0 Å². The van der Waals surface area contributed by atoms with E-state index in [1.54, 1.807) is 37.4 Å². The predicted molar refractivity (Wildman–Crippen MR) is 268 cm³/mol. The van der Waals surface area contributed by atoms with Crippen LogP contribution in [0.4, 0.5) is 0 Å². The summed E-state index contributed by atoms with van der Waals surface area (Å²) in [7, 11) is 6.97. The third-order valence-corrected chi connectivity index (χ3v) is 13.7. The van der Waals surface area contributed by atoms with Crippen molar-refractivity contribution >= 4 is 40.5 Å². The van der Waals surface area contributed by atoms with Crippen LogP contribution in [0.2, 0.25) is 0 Å². The zero-order chi connectivity index (χ0) is 50.6. The lowest BCUT2D eigenvalue weighted by molar-refractivity contribution is -0.155. The maximum Gasteiger partial charge on any atom is 0.324 e. The molecule has 3 N–H and O–H groups in total. The van der Waals surface area contributed by atoms with E-state index in [9.17, 15) is 29.1 Å². The van der Waals surface area contributed by atoms with Crippen molar-refractivity contribution in [1.82, 2.24) is 40.0 Å². The molecule has 2 aromatic carbocycles. The van der Waals surface area contributed by atoms with Crippen molar-refractivity contribution in [2.24, 2.45) is 17.3 Å². The Morgan fingerprint density at radius 2 is 1.86 bits per heavy atom. The first-order valence-corrected chi connectivity index (χ1v) is 24.5. The second kappa shape index (κ2) is 21.8. The maximum atomic E-state index is 14.8. The van der Waals surface area contributed by atoms with Crippen LogP contribution < -0.4 is 10.7 Å². The zero-order valence-corrected chi connectivity index (χ0v) is 42.4. The van der Waals surface area contributed by atoms with E-state index in [-0.39, 0.29) is 55.6 Å². The van der Waals surface area contributed by atoms with E-state index >= 15 is 0 Å². The highest BCUT2D eigenvalue weighted by molar-refractivity contribution is 5.97. The van der Waals surface area contributed by atoms with Gasteiger partial charge in [-0.3, -0.25) is 38.9 Å². The van der Waals surface area contributed by atoms with Gasteiger partial charge in [0.1, 0.15) is 23.9 Å². The number of phenolic OH excluding ortho intramolecular Hbond substituents is 1. The number of ether oxygens (including phenoxy) is 2. The normalized spacial score (nSPS) is 21.0. The second-order valence-electron chi connectivity index (χ2n) is 20.6. The van der Waals surface area contributed by atoms with Crippen LogP contribution >= 0.6 is 0 Å². The van der Waals surface area contributed by atoms with Gasteiger partial charge >= 0.3 is 5.97 Å². The van der Waals surface area contributed by atoms with Gasteiger partial charge in [0.25, 0.3) is 11.8 Å². The molecule has 5 heterocycles. The van der Waals surface area contributed by atoms with Crippen LogP contribution in [0.25, 0.3) is 33.3 Å².